The Labute approximate surface area is 169 Å². The maximum Gasteiger partial charge on any atom is 0.339 e. The van der Waals surface area contributed by atoms with E-state index in [1.807, 2.05) is 37.3 Å². The summed E-state index contributed by atoms with van der Waals surface area (Å²) in [4.78, 5) is 24.8. The second-order valence-electron chi connectivity index (χ2n) is 6.50. The first-order valence-corrected chi connectivity index (χ1v) is 9.19. The fraction of sp³-hybridized carbons (Fsp3) is 0.217. The summed E-state index contributed by atoms with van der Waals surface area (Å²) in [5.74, 6) is 0.343. The number of nitrogens with one attached hydrogen (secondary N) is 1. The van der Waals surface area contributed by atoms with Gasteiger partial charge in [-0.2, -0.15) is 0 Å². The first kappa shape index (κ1) is 20.2. The number of ether oxygens (including phenoxy) is 3. The van der Waals surface area contributed by atoms with E-state index >= 15 is 0 Å². The third kappa shape index (κ3) is 4.66. The lowest BCUT2D eigenvalue weighted by molar-refractivity contribution is -0.124. The molecule has 0 bridgehead atoms. The highest BCUT2D eigenvalue weighted by atomic mass is 16.5. The normalized spacial score (nSPS) is 11.6. The fourth-order valence-electron chi connectivity index (χ4n) is 3.15. The van der Waals surface area contributed by atoms with E-state index in [0.717, 1.165) is 16.3 Å². The standard InChI is InChI=1S/C23H23NO5/c1-15(20-13-17(27-2)11-12-21(20)28-3)24-22(25)14-29-23(26)19-10-6-8-16-7-4-5-9-18(16)19/h4-13,15H,14H2,1-3H3,(H,24,25)/t15-/m0/s1. The van der Waals surface area contributed by atoms with Crippen molar-refractivity contribution in [1.29, 1.82) is 0 Å². The number of benzene rings is 3. The van der Waals surface area contributed by atoms with Crippen molar-refractivity contribution >= 4 is 22.6 Å². The van der Waals surface area contributed by atoms with Crippen LogP contribution in [0.25, 0.3) is 10.8 Å². The van der Waals surface area contributed by atoms with Crippen LogP contribution in [0.15, 0.2) is 60.7 Å². The van der Waals surface area contributed by atoms with Gasteiger partial charge in [0.25, 0.3) is 5.91 Å². The van der Waals surface area contributed by atoms with Gasteiger partial charge in [0, 0.05) is 5.56 Å². The molecule has 150 valence electrons. The third-order valence-electron chi connectivity index (χ3n) is 4.62. The second-order valence-corrected chi connectivity index (χ2v) is 6.50. The van der Waals surface area contributed by atoms with Gasteiger partial charge in [0.05, 0.1) is 25.8 Å². The predicted molar refractivity (Wildman–Crippen MR) is 110 cm³/mol. The molecule has 3 rings (SSSR count). The molecule has 0 radical (unpaired) electrons. The van der Waals surface area contributed by atoms with Crippen LogP contribution in [0.3, 0.4) is 0 Å². The van der Waals surface area contributed by atoms with Crippen LogP contribution in [0.2, 0.25) is 0 Å². The number of hydrogen-bond acceptors (Lipinski definition) is 5. The Morgan fingerprint density at radius 1 is 0.966 bits per heavy atom. The number of fused-ring (bicyclic) bond motifs is 1. The molecule has 0 spiro atoms. The average molecular weight is 393 g/mol. The highest BCUT2D eigenvalue weighted by molar-refractivity contribution is 6.04. The number of carbonyl (C=O) groups excluding carboxylic acids is 2. The quantitative estimate of drug-likeness (QED) is 0.617. The minimum absolute atomic E-state index is 0.358. The van der Waals surface area contributed by atoms with Crippen LogP contribution in [0.1, 0.15) is 28.9 Å². The summed E-state index contributed by atoms with van der Waals surface area (Å²) in [6.45, 7) is 1.44. The lowest BCUT2D eigenvalue weighted by Gasteiger charge is -2.18. The molecule has 0 saturated carbocycles. The molecule has 6 nitrogen and oxygen atoms in total. The van der Waals surface area contributed by atoms with E-state index in [1.165, 1.54) is 0 Å². The van der Waals surface area contributed by atoms with Crippen molar-refractivity contribution in [3.8, 4) is 11.5 Å². The van der Waals surface area contributed by atoms with Gasteiger partial charge in [0.15, 0.2) is 6.61 Å². The lowest BCUT2D eigenvalue weighted by Crippen LogP contribution is -2.31. The molecule has 3 aromatic carbocycles. The highest BCUT2D eigenvalue weighted by Gasteiger charge is 2.17. The average Bonchev–Trinajstić information content (AvgIpc) is 2.76. The van der Waals surface area contributed by atoms with Gasteiger partial charge in [-0.3, -0.25) is 4.79 Å². The van der Waals surface area contributed by atoms with Gasteiger partial charge in [0.1, 0.15) is 11.5 Å². The molecule has 0 aromatic heterocycles. The summed E-state index contributed by atoms with van der Waals surface area (Å²) in [5, 5.41) is 4.54. The Morgan fingerprint density at radius 3 is 2.48 bits per heavy atom. The fourth-order valence-corrected chi connectivity index (χ4v) is 3.15. The Balaban J connectivity index is 1.64. The van der Waals surface area contributed by atoms with E-state index in [2.05, 4.69) is 5.32 Å². The predicted octanol–water partition coefficient (Wildman–Crippen LogP) is 3.89. The van der Waals surface area contributed by atoms with Crippen molar-refractivity contribution in [2.75, 3.05) is 20.8 Å². The van der Waals surface area contributed by atoms with Crippen molar-refractivity contribution < 1.29 is 23.8 Å². The summed E-state index contributed by atoms with van der Waals surface area (Å²) in [7, 11) is 3.13. The summed E-state index contributed by atoms with van der Waals surface area (Å²) in [6, 6.07) is 17.9. The monoisotopic (exact) mass is 393 g/mol. The molecule has 0 fully saturated rings. The van der Waals surface area contributed by atoms with Crippen LogP contribution < -0.4 is 14.8 Å². The first-order valence-electron chi connectivity index (χ1n) is 9.19. The summed E-state index contributed by atoms with van der Waals surface area (Å²) in [6.07, 6.45) is 0. The van der Waals surface area contributed by atoms with E-state index in [4.69, 9.17) is 14.2 Å². The van der Waals surface area contributed by atoms with E-state index in [9.17, 15) is 9.59 Å². The van der Waals surface area contributed by atoms with Gasteiger partial charge >= 0.3 is 5.97 Å². The van der Waals surface area contributed by atoms with Crippen LogP contribution in [0, 0.1) is 0 Å². The summed E-state index contributed by atoms with van der Waals surface area (Å²) < 4.78 is 15.8. The first-order chi connectivity index (χ1) is 14.0. The van der Waals surface area contributed by atoms with Crippen LogP contribution in [-0.2, 0) is 9.53 Å². The SMILES string of the molecule is COc1ccc(OC)c([C@H](C)NC(=O)COC(=O)c2cccc3ccccc23)c1. The van der Waals surface area contributed by atoms with Gasteiger partial charge in [-0.25, -0.2) is 4.79 Å². The van der Waals surface area contributed by atoms with E-state index in [-0.39, 0.29) is 12.6 Å². The molecule has 1 N–H and O–H groups in total. The van der Waals surface area contributed by atoms with Gasteiger partial charge in [-0.1, -0.05) is 36.4 Å². The van der Waals surface area contributed by atoms with Gasteiger partial charge in [-0.05, 0) is 42.0 Å². The van der Waals surface area contributed by atoms with Gasteiger partial charge in [-0.15, -0.1) is 0 Å². The maximum absolute atomic E-state index is 12.5. The smallest absolute Gasteiger partial charge is 0.339 e. The lowest BCUT2D eigenvalue weighted by atomic mass is 10.1. The van der Waals surface area contributed by atoms with Crippen LogP contribution in [0.4, 0.5) is 0 Å². The molecule has 0 aliphatic rings. The van der Waals surface area contributed by atoms with E-state index in [0.29, 0.717) is 17.1 Å². The largest absolute Gasteiger partial charge is 0.497 e. The third-order valence-corrected chi connectivity index (χ3v) is 4.62. The summed E-state index contributed by atoms with van der Waals surface area (Å²) >= 11 is 0. The Bertz CT molecular complexity index is 1030. The number of methoxy groups -OCH3 is 2. The van der Waals surface area contributed by atoms with Crippen molar-refractivity contribution in [3.63, 3.8) is 0 Å². The van der Waals surface area contributed by atoms with Gasteiger partial charge in [0.2, 0.25) is 0 Å². The minimum atomic E-state index is -0.538. The van der Waals surface area contributed by atoms with Gasteiger partial charge < -0.3 is 19.5 Å². The molecular formula is C23H23NO5. The van der Waals surface area contributed by atoms with Crippen molar-refractivity contribution in [1.82, 2.24) is 5.32 Å². The van der Waals surface area contributed by atoms with E-state index < -0.39 is 11.9 Å². The molecule has 6 heteroatoms. The highest BCUT2D eigenvalue weighted by Crippen LogP contribution is 2.29. The van der Waals surface area contributed by atoms with Crippen LogP contribution in [-0.4, -0.2) is 32.7 Å². The Hall–Kier alpha value is -3.54. The minimum Gasteiger partial charge on any atom is -0.497 e. The van der Waals surface area contributed by atoms with E-state index in [1.54, 1.807) is 44.6 Å². The number of amides is 1. The number of rotatable bonds is 7. The molecule has 0 heterocycles. The molecule has 0 saturated heterocycles. The second kappa shape index (κ2) is 9.10. The molecule has 29 heavy (non-hydrogen) atoms. The molecule has 3 aromatic rings. The zero-order chi connectivity index (χ0) is 20.8. The molecule has 1 atom stereocenters. The van der Waals surface area contributed by atoms with Crippen molar-refractivity contribution in [2.45, 2.75) is 13.0 Å². The Kier molecular flexibility index (Phi) is 6.34. The zero-order valence-corrected chi connectivity index (χ0v) is 16.6. The maximum atomic E-state index is 12.5. The van der Waals surface area contributed by atoms with Crippen LogP contribution >= 0.6 is 0 Å². The zero-order valence-electron chi connectivity index (χ0n) is 16.6. The molecule has 0 aliphatic heterocycles. The Morgan fingerprint density at radius 2 is 1.72 bits per heavy atom. The molecule has 0 unspecified atom stereocenters. The molecular weight excluding hydrogens is 370 g/mol. The number of esters is 1. The van der Waals surface area contributed by atoms with Crippen molar-refractivity contribution in [2.24, 2.45) is 0 Å². The number of hydrogen-bond donors (Lipinski definition) is 1. The molecule has 1 amide bonds. The molecule has 0 aliphatic carbocycles. The topological polar surface area (TPSA) is 73.9 Å². The van der Waals surface area contributed by atoms with Crippen LogP contribution in [0.5, 0.6) is 11.5 Å². The number of carbonyl (C=O) groups is 2. The van der Waals surface area contributed by atoms with Crippen molar-refractivity contribution in [3.05, 3.63) is 71.8 Å². The summed E-state index contributed by atoms with van der Waals surface area (Å²) in [5.41, 5.74) is 1.19.